The van der Waals surface area contributed by atoms with Crippen molar-refractivity contribution in [3.05, 3.63) is 89.9 Å². The standard InChI is InChI=1S/C24H23FN4O2/c1-31-14-13-26-19-9-5-17(6-10-19)15-27-24(30)21-3-2-4-23-22(21)16-28-29(23)20-11-7-18(25)8-12-20/h2-12,16,26H,13-15H2,1H3,(H,27,30). The van der Waals surface area contributed by atoms with E-state index in [2.05, 4.69) is 15.7 Å². The van der Waals surface area contributed by atoms with Gasteiger partial charge in [0.05, 0.1) is 29.6 Å². The Hall–Kier alpha value is -3.71. The van der Waals surface area contributed by atoms with Gasteiger partial charge in [0.15, 0.2) is 0 Å². The van der Waals surface area contributed by atoms with Crippen LogP contribution < -0.4 is 10.6 Å². The zero-order chi connectivity index (χ0) is 21.6. The molecule has 0 bridgehead atoms. The van der Waals surface area contributed by atoms with Gasteiger partial charge in [-0.15, -0.1) is 0 Å². The number of hydrogen-bond donors (Lipinski definition) is 2. The lowest BCUT2D eigenvalue weighted by atomic mass is 10.1. The van der Waals surface area contributed by atoms with Gasteiger partial charge in [0.1, 0.15) is 5.82 Å². The lowest BCUT2D eigenvalue weighted by Crippen LogP contribution is -2.23. The number of rotatable bonds is 8. The fraction of sp³-hybridized carbons (Fsp3) is 0.167. The summed E-state index contributed by atoms with van der Waals surface area (Å²) < 4.78 is 20.0. The largest absolute Gasteiger partial charge is 0.383 e. The minimum absolute atomic E-state index is 0.174. The van der Waals surface area contributed by atoms with E-state index >= 15 is 0 Å². The van der Waals surface area contributed by atoms with Crippen LogP contribution in [-0.2, 0) is 11.3 Å². The number of anilines is 1. The van der Waals surface area contributed by atoms with Gasteiger partial charge in [-0.2, -0.15) is 5.10 Å². The summed E-state index contributed by atoms with van der Waals surface area (Å²) in [6.45, 7) is 1.79. The molecule has 0 unspecified atom stereocenters. The van der Waals surface area contributed by atoms with E-state index in [4.69, 9.17) is 4.74 Å². The van der Waals surface area contributed by atoms with Gasteiger partial charge >= 0.3 is 0 Å². The van der Waals surface area contributed by atoms with Gasteiger partial charge in [0.25, 0.3) is 5.91 Å². The number of hydrogen-bond acceptors (Lipinski definition) is 4. The van der Waals surface area contributed by atoms with Crippen LogP contribution in [0.4, 0.5) is 10.1 Å². The van der Waals surface area contributed by atoms with Crippen LogP contribution in [0.3, 0.4) is 0 Å². The summed E-state index contributed by atoms with van der Waals surface area (Å²) in [5.41, 5.74) is 4.06. The second kappa shape index (κ2) is 9.40. The first-order chi connectivity index (χ1) is 15.2. The predicted octanol–water partition coefficient (Wildman–Crippen LogP) is 4.15. The van der Waals surface area contributed by atoms with E-state index in [0.29, 0.717) is 18.7 Å². The van der Waals surface area contributed by atoms with Crippen molar-refractivity contribution in [1.82, 2.24) is 15.1 Å². The average molecular weight is 418 g/mol. The van der Waals surface area contributed by atoms with Crippen molar-refractivity contribution in [3.8, 4) is 5.69 Å². The third-order valence-corrected chi connectivity index (χ3v) is 4.97. The van der Waals surface area contributed by atoms with E-state index in [1.54, 1.807) is 36.2 Å². The maximum atomic E-state index is 13.2. The summed E-state index contributed by atoms with van der Waals surface area (Å²) in [6.07, 6.45) is 1.66. The molecular formula is C24H23FN4O2. The molecule has 4 rings (SSSR count). The molecule has 0 atom stereocenters. The maximum absolute atomic E-state index is 13.2. The summed E-state index contributed by atoms with van der Waals surface area (Å²) in [4.78, 5) is 12.8. The molecule has 7 heteroatoms. The van der Waals surface area contributed by atoms with Crippen molar-refractivity contribution in [2.75, 3.05) is 25.6 Å². The smallest absolute Gasteiger partial charge is 0.252 e. The number of methoxy groups -OCH3 is 1. The second-order valence-corrected chi connectivity index (χ2v) is 7.07. The average Bonchev–Trinajstić information content (AvgIpc) is 3.23. The molecular weight excluding hydrogens is 395 g/mol. The van der Waals surface area contributed by atoms with E-state index in [0.717, 1.165) is 34.4 Å². The molecule has 0 fully saturated rings. The van der Waals surface area contributed by atoms with Crippen molar-refractivity contribution in [3.63, 3.8) is 0 Å². The van der Waals surface area contributed by atoms with Crippen LogP contribution in [-0.4, -0.2) is 35.9 Å². The summed E-state index contributed by atoms with van der Waals surface area (Å²) in [5, 5.41) is 11.4. The second-order valence-electron chi connectivity index (χ2n) is 7.07. The molecule has 4 aromatic rings. The Morgan fingerprint density at radius 3 is 2.58 bits per heavy atom. The van der Waals surface area contributed by atoms with Gasteiger partial charge in [-0.05, 0) is 54.1 Å². The number of ether oxygens (including phenoxy) is 1. The van der Waals surface area contributed by atoms with Crippen LogP contribution >= 0.6 is 0 Å². The van der Waals surface area contributed by atoms with E-state index < -0.39 is 0 Å². The fourth-order valence-corrected chi connectivity index (χ4v) is 3.35. The Kier molecular flexibility index (Phi) is 6.24. The number of benzene rings is 3. The van der Waals surface area contributed by atoms with Crippen LogP contribution in [0.5, 0.6) is 0 Å². The maximum Gasteiger partial charge on any atom is 0.252 e. The Bertz CT molecular complexity index is 1170. The first-order valence-electron chi connectivity index (χ1n) is 9.98. The molecule has 158 valence electrons. The van der Waals surface area contributed by atoms with Crippen molar-refractivity contribution in [1.29, 1.82) is 0 Å². The van der Waals surface area contributed by atoms with E-state index in [1.807, 2.05) is 36.4 Å². The molecule has 1 heterocycles. The number of halogens is 1. The number of nitrogens with zero attached hydrogens (tertiary/aromatic N) is 2. The molecule has 1 amide bonds. The Labute approximate surface area is 179 Å². The van der Waals surface area contributed by atoms with Gasteiger partial charge in [-0.25, -0.2) is 9.07 Å². The first-order valence-corrected chi connectivity index (χ1v) is 9.98. The molecule has 0 spiro atoms. The Morgan fingerprint density at radius 2 is 1.84 bits per heavy atom. The number of amides is 1. The van der Waals surface area contributed by atoms with Crippen LogP contribution in [0, 0.1) is 5.82 Å². The van der Waals surface area contributed by atoms with Crippen LogP contribution in [0.1, 0.15) is 15.9 Å². The molecule has 3 aromatic carbocycles. The molecule has 31 heavy (non-hydrogen) atoms. The minimum atomic E-state index is -0.306. The fourth-order valence-electron chi connectivity index (χ4n) is 3.35. The quantitative estimate of drug-likeness (QED) is 0.422. The highest BCUT2D eigenvalue weighted by Crippen LogP contribution is 2.22. The third-order valence-electron chi connectivity index (χ3n) is 4.97. The van der Waals surface area contributed by atoms with Crippen molar-refractivity contribution >= 4 is 22.5 Å². The van der Waals surface area contributed by atoms with Crippen molar-refractivity contribution < 1.29 is 13.9 Å². The molecule has 1 aromatic heterocycles. The van der Waals surface area contributed by atoms with Gasteiger partial charge in [-0.1, -0.05) is 18.2 Å². The molecule has 0 saturated carbocycles. The highest BCUT2D eigenvalue weighted by atomic mass is 19.1. The summed E-state index contributed by atoms with van der Waals surface area (Å²) in [7, 11) is 1.67. The lowest BCUT2D eigenvalue weighted by molar-refractivity contribution is 0.0952. The van der Waals surface area contributed by atoms with Crippen LogP contribution in [0.15, 0.2) is 72.9 Å². The molecule has 0 aliphatic carbocycles. The third kappa shape index (κ3) is 4.73. The predicted molar refractivity (Wildman–Crippen MR) is 119 cm³/mol. The molecule has 0 aliphatic rings. The number of carbonyl (C=O) groups excluding carboxylic acids is 1. The number of fused-ring (bicyclic) bond motifs is 1. The van der Waals surface area contributed by atoms with Crippen LogP contribution in [0.25, 0.3) is 16.6 Å². The normalized spacial score (nSPS) is 10.9. The SMILES string of the molecule is COCCNc1ccc(CNC(=O)c2cccc3c2cnn3-c2ccc(F)cc2)cc1. The number of nitrogens with one attached hydrogen (secondary N) is 2. The van der Waals surface area contributed by atoms with Gasteiger partial charge in [-0.3, -0.25) is 4.79 Å². The summed E-state index contributed by atoms with van der Waals surface area (Å²) in [6, 6.07) is 19.5. The lowest BCUT2D eigenvalue weighted by Gasteiger charge is -2.09. The highest BCUT2D eigenvalue weighted by molar-refractivity contribution is 6.06. The molecule has 0 radical (unpaired) electrons. The Balaban J connectivity index is 1.46. The van der Waals surface area contributed by atoms with E-state index in [1.165, 1.54) is 12.1 Å². The van der Waals surface area contributed by atoms with E-state index in [9.17, 15) is 9.18 Å². The van der Waals surface area contributed by atoms with Gasteiger partial charge in [0.2, 0.25) is 0 Å². The van der Waals surface area contributed by atoms with Gasteiger partial charge in [0, 0.05) is 31.3 Å². The Morgan fingerprint density at radius 1 is 1.06 bits per heavy atom. The van der Waals surface area contributed by atoms with E-state index in [-0.39, 0.29) is 11.7 Å². The van der Waals surface area contributed by atoms with Crippen molar-refractivity contribution in [2.45, 2.75) is 6.54 Å². The van der Waals surface area contributed by atoms with Crippen LogP contribution in [0.2, 0.25) is 0 Å². The summed E-state index contributed by atoms with van der Waals surface area (Å²) in [5.74, 6) is -0.481. The molecule has 2 N–H and O–H groups in total. The zero-order valence-corrected chi connectivity index (χ0v) is 17.1. The molecule has 0 saturated heterocycles. The topological polar surface area (TPSA) is 68.2 Å². The van der Waals surface area contributed by atoms with Crippen molar-refractivity contribution in [2.24, 2.45) is 0 Å². The van der Waals surface area contributed by atoms with Gasteiger partial charge < -0.3 is 15.4 Å². The monoisotopic (exact) mass is 418 g/mol. The number of carbonyl (C=O) groups is 1. The minimum Gasteiger partial charge on any atom is -0.383 e. The highest BCUT2D eigenvalue weighted by Gasteiger charge is 2.14. The first kappa shape index (κ1) is 20.6. The summed E-state index contributed by atoms with van der Waals surface area (Å²) >= 11 is 0. The molecule has 6 nitrogen and oxygen atoms in total. The zero-order valence-electron chi connectivity index (χ0n) is 17.1. The number of aromatic nitrogens is 2. The molecule has 0 aliphatic heterocycles.